The summed E-state index contributed by atoms with van der Waals surface area (Å²) in [6.45, 7) is 0.865. The summed E-state index contributed by atoms with van der Waals surface area (Å²) in [6, 6.07) is 10.3. The number of aliphatic hydroxyl groups is 4. The third kappa shape index (κ3) is 5.17. The highest BCUT2D eigenvalue weighted by Crippen LogP contribution is 2.38. The molecule has 11 heteroatoms. The Hall–Kier alpha value is -1.95. The molecule has 184 valence electrons. The molecule has 0 aliphatic carbocycles. The molecule has 2 heterocycles. The minimum Gasteiger partial charge on any atom is -0.394 e. The van der Waals surface area contributed by atoms with Gasteiger partial charge in [0.15, 0.2) is 6.23 Å². The van der Waals surface area contributed by atoms with Crippen molar-refractivity contribution in [3.8, 4) is 0 Å². The Morgan fingerprint density at radius 3 is 2.65 bits per heavy atom. The van der Waals surface area contributed by atoms with E-state index in [0.717, 1.165) is 23.2 Å². The highest BCUT2D eigenvalue weighted by Gasteiger charge is 2.44. The first kappa shape index (κ1) is 25.2. The fourth-order valence-corrected chi connectivity index (χ4v) is 5.05. The first-order valence-corrected chi connectivity index (χ1v) is 11.6. The number of rotatable bonds is 4. The van der Waals surface area contributed by atoms with Crippen LogP contribution in [0.2, 0.25) is 10.0 Å². The van der Waals surface area contributed by atoms with Gasteiger partial charge in [0, 0.05) is 34.7 Å². The molecule has 6 N–H and O–H groups in total. The van der Waals surface area contributed by atoms with E-state index in [1.165, 1.54) is 0 Å². The summed E-state index contributed by atoms with van der Waals surface area (Å²) in [5.41, 5.74) is 3.52. The first-order chi connectivity index (χ1) is 16.2. The normalized spacial score (nSPS) is 29.4. The average Bonchev–Trinajstić information content (AvgIpc) is 2.79. The van der Waals surface area contributed by atoms with Crippen LogP contribution in [0.15, 0.2) is 36.4 Å². The molecule has 0 aromatic heterocycles. The molecule has 2 amide bonds. The highest BCUT2D eigenvalue weighted by molar-refractivity contribution is 6.35. The Morgan fingerprint density at radius 1 is 1.15 bits per heavy atom. The van der Waals surface area contributed by atoms with Gasteiger partial charge in [-0.2, -0.15) is 0 Å². The zero-order valence-corrected chi connectivity index (χ0v) is 19.9. The number of amides is 2. The van der Waals surface area contributed by atoms with Crippen LogP contribution >= 0.6 is 23.2 Å². The van der Waals surface area contributed by atoms with Crippen LogP contribution in [0.4, 0.5) is 10.5 Å². The first-order valence-electron chi connectivity index (χ1n) is 10.8. The molecule has 2 aromatic carbocycles. The smallest absolute Gasteiger partial charge is 0.321 e. The van der Waals surface area contributed by atoms with Crippen molar-refractivity contribution in [2.75, 3.05) is 25.5 Å². The van der Waals surface area contributed by atoms with Crippen molar-refractivity contribution in [1.29, 1.82) is 0 Å². The summed E-state index contributed by atoms with van der Waals surface area (Å²) < 4.78 is 5.32. The Bertz CT molecular complexity index is 1060. The van der Waals surface area contributed by atoms with Gasteiger partial charge in [0.1, 0.15) is 24.4 Å². The average molecular weight is 512 g/mol. The van der Waals surface area contributed by atoms with E-state index < -0.39 is 43.3 Å². The molecule has 0 saturated carbocycles. The maximum Gasteiger partial charge on any atom is 0.321 e. The minimum atomic E-state index is -1.58. The van der Waals surface area contributed by atoms with E-state index in [0.29, 0.717) is 22.3 Å². The van der Waals surface area contributed by atoms with E-state index in [4.69, 9.17) is 27.9 Å². The number of fused-ring (bicyclic) bond motifs is 1. The van der Waals surface area contributed by atoms with Crippen LogP contribution in [-0.2, 0) is 11.3 Å². The van der Waals surface area contributed by atoms with E-state index in [-0.39, 0.29) is 5.92 Å². The van der Waals surface area contributed by atoms with Crippen LogP contribution in [0.3, 0.4) is 0 Å². The maximum absolute atomic E-state index is 12.6. The van der Waals surface area contributed by atoms with Crippen LogP contribution in [0.5, 0.6) is 0 Å². The molecule has 0 radical (unpaired) electrons. The van der Waals surface area contributed by atoms with E-state index in [2.05, 4.69) is 15.5 Å². The number of ether oxygens (including phenoxy) is 1. The second-order valence-corrected chi connectivity index (χ2v) is 9.52. The van der Waals surface area contributed by atoms with Gasteiger partial charge in [-0.15, -0.1) is 0 Å². The predicted octanol–water partition coefficient (Wildman–Crippen LogP) is 1.49. The van der Waals surface area contributed by atoms with Crippen LogP contribution in [0, 0.1) is 0 Å². The number of nitrogens with zero attached hydrogens (tertiary/aromatic N) is 1. The SMILES string of the molecule is CN1Cc2c(Cl)cc(Cl)cc2[C@H](c2cccc(NC(=O)N[C@@H]3O[C@H](CO)[C@@H](O)[C@H](O)[C@H]3O)c2)C1. The Balaban J connectivity index is 1.50. The lowest BCUT2D eigenvalue weighted by Crippen LogP contribution is -2.63. The second-order valence-electron chi connectivity index (χ2n) is 8.68. The van der Waals surface area contributed by atoms with Crippen molar-refractivity contribution < 1.29 is 30.0 Å². The number of halogens is 2. The van der Waals surface area contributed by atoms with Gasteiger partial charge in [0.25, 0.3) is 0 Å². The number of carbonyl (C=O) groups excluding carboxylic acids is 1. The van der Waals surface area contributed by atoms with Gasteiger partial charge in [-0.3, -0.25) is 0 Å². The number of urea groups is 1. The van der Waals surface area contributed by atoms with Gasteiger partial charge in [0.2, 0.25) is 0 Å². The number of carbonyl (C=O) groups is 1. The molecule has 34 heavy (non-hydrogen) atoms. The van der Waals surface area contributed by atoms with E-state index in [1.54, 1.807) is 12.1 Å². The molecular formula is C23H27Cl2N3O6. The summed E-state index contributed by atoms with van der Waals surface area (Å²) in [5.74, 6) is -0.0137. The number of anilines is 1. The zero-order chi connectivity index (χ0) is 24.6. The zero-order valence-electron chi connectivity index (χ0n) is 18.4. The van der Waals surface area contributed by atoms with Crippen LogP contribution in [0.1, 0.15) is 22.6 Å². The summed E-state index contributed by atoms with van der Waals surface area (Å²) in [5, 5.41) is 45.5. The minimum absolute atomic E-state index is 0.0137. The Labute approximate surface area is 206 Å². The number of hydrogen-bond donors (Lipinski definition) is 6. The summed E-state index contributed by atoms with van der Waals surface area (Å²) in [6.07, 6.45) is -7.09. The van der Waals surface area contributed by atoms with E-state index in [1.807, 2.05) is 31.3 Å². The summed E-state index contributed by atoms with van der Waals surface area (Å²) >= 11 is 12.7. The predicted molar refractivity (Wildman–Crippen MR) is 127 cm³/mol. The molecule has 4 rings (SSSR count). The lowest BCUT2D eigenvalue weighted by atomic mass is 9.84. The van der Waals surface area contributed by atoms with Crippen LogP contribution in [0.25, 0.3) is 0 Å². The van der Waals surface area contributed by atoms with Gasteiger partial charge in [-0.1, -0.05) is 35.3 Å². The molecule has 0 bridgehead atoms. The van der Waals surface area contributed by atoms with Gasteiger partial charge in [-0.25, -0.2) is 4.79 Å². The Morgan fingerprint density at radius 2 is 1.91 bits per heavy atom. The molecule has 0 spiro atoms. The highest BCUT2D eigenvalue weighted by atomic mass is 35.5. The van der Waals surface area contributed by atoms with Crippen molar-refractivity contribution in [2.24, 2.45) is 0 Å². The number of likely N-dealkylation sites (N-methyl/N-ethyl adjacent to an activating group) is 1. The number of hydrogen-bond acceptors (Lipinski definition) is 7. The van der Waals surface area contributed by atoms with Crippen molar-refractivity contribution in [2.45, 2.75) is 43.1 Å². The summed E-state index contributed by atoms with van der Waals surface area (Å²) in [7, 11) is 2.01. The van der Waals surface area contributed by atoms with Crippen molar-refractivity contribution >= 4 is 34.9 Å². The quantitative estimate of drug-likeness (QED) is 0.366. The molecule has 1 saturated heterocycles. The molecule has 6 atom stereocenters. The van der Waals surface area contributed by atoms with Crippen LogP contribution in [-0.4, -0.2) is 82.2 Å². The fraction of sp³-hybridized carbons (Fsp3) is 0.435. The van der Waals surface area contributed by atoms with E-state index >= 15 is 0 Å². The molecule has 2 aliphatic rings. The summed E-state index contributed by atoms with van der Waals surface area (Å²) in [4.78, 5) is 14.7. The van der Waals surface area contributed by atoms with Gasteiger partial charge < -0.3 is 40.7 Å². The third-order valence-electron chi connectivity index (χ3n) is 6.20. The molecular weight excluding hydrogens is 485 g/mol. The number of aliphatic hydroxyl groups excluding tert-OH is 4. The van der Waals surface area contributed by atoms with Crippen molar-refractivity contribution in [3.05, 3.63) is 63.1 Å². The largest absolute Gasteiger partial charge is 0.394 e. The standard InChI is InChI=1S/C23H27Cl2N3O6/c1-28-8-15(14-6-12(24)7-17(25)16(14)9-28)11-3-2-4-13(5-11)26-23(33)27-22-21(32)20(31)19(30)18(10-29)34-22/h2-7,15,18-22,29-32H,8-10H2,1H3,(H2,26,27,33)/t15-,18+,19+,20-,21+,22+/m0/s1. The molecule has 2 aliphatic heterocycles. The molecule has 1 fully saturated rings. The Kier molecular flexibility index (Phi) is 7.66. The molecule has 0 unspecified atom stereocenters. The monoisotopic (exact) mass is 511 g/mol. The fourth-order valence-electron chi connectivity index (χ4n) is 4.48. The third-order valence-corrected chi connectivity index (χ3v) is 6.76. The van der Waals surface area contributed by atoms with Gasteiger partial charge >= 0.3 is 6.03 Å². The van der Waals surface area contributed by atoms with Crippen molar-refractivity contribution in [3.63, 3.8) is 0 Å². The van der Waals surface area contributed by atoms with E-state index in [9.17, 15) is 25.2 Å². The lowest BCUT2D eigenvalue weighted by molar-refractivity contribution is -0.233. The maximum atomic E-state index is 12.6. The van der Waals surface area contributed by atoms with Gasteiger partial charge in [-0.05, 0) is 48.0 Å². The molecule has 2 aromatic rings. The van der Waals surface area contributed by atoms with Crippen LogP contribution < -0.4 is 10.6 Å². The molecule has 9 nitrogen and oxygen atoms in total. The number of benzene rings is 2. The lowest BCUT2D eigenvalue weighted by Gasteiger charge is -2.40. The number of nitrogens with one attached hydrogen (secondary N) is 2. The topological polar surface area (TPSA) is 135 Å². The van der Waals surface area contributed by atoms with Crippen molar-refractivity contribution in [1.82, 2.24) is 10.2 Å². The second kappa shape index (κ2) is 10.3. The van der Waals surface area contributed by atoms with Gasteiger partial charge in [0.05, 0.1) is 6.61 Å².